The molecule has 2 rings (SSSR count). The number of oxazole rings is 1. The lowest BCUT2D eigenvalue weighted by atomic mass is 10.1. The number of nitrogens with zero attached hydrogens (tertiary/aromatic N) is 1. The SMILES string of the molecule is CCCC(NC(=O)/C=C/c1nc2ccccc2o1)C(=O)O. The van der Waals surface area contributed by atoms with E-state index in [9.17, 15) is 9.59 Å². The smallest absolute Gasteiger partial charge is 0.326 e. The molecule has 1 aromatic heterocycles. The van der Waals surface area contributed by atoms with Gasteiger partial charge >= 0.3 is 5.97 Å². The van der Waals surface area contributed by atoms with Gasteiger partial charge in [0.1, 0.15) is 11.6 Å². The Morgan fingerprint density at radius 2 is 2.19 bits per heavy atom. The Kier molecular flexibility index (Phi) is 4.71. The lowest BCUT2D eigenvalue weighted by Gasteiger charge is -2.11. The average Bonchev–Trinajstić information content (AvgIpc) is 2.87. The minimum atomic E-state index is -1.04. The molecule has 0 aliphatic rings. The number of benzene rings is 1. The molecule has 1 heterocycles. The zero-order valence-corrected chi connectivity index (χ0v) is 11.6. The number of carbonyl (C=O) groups is 2. The number of hydrogen-bond acceptors (Lipinski definition) is 4. The minimum Gasteiger partial charge on any atom is -0.480 e. The standard InChI is InChI=1S/C15H16N2O4/c1-2-5-11(15(19)20)16-13(18)8-9-14-17-10-6-3-4-7-12(10)21-14/h3-4,6-9,11H,2,5H2,1H3,(H,16,18)(H,19,20)/b9-8+. The normalized spacial score (nSPS) is 12.6. The summed E-state index contributed by atoms with van der Waals surface area (Å²) in [5, 5.41) is 11.4. The third-order valence-corrected chi connectivity index (χ3v) is 2.88. The Labute approximate surface area is 121 Å². The van der Waals surface area contributed by atoms with E-state index in [-0.39, 0.29) is 0 Å². The highest BCUT2D eigenvalue weighted by Crippen LogP contribution is 2.15. The first-order valence-electron chi connectivity index (χ1n) is 6.67. The summed E-state index contributed by atoms with van der Waals surface area (Å²) in [6.45, 7) is 1.86. The monoisotopic (exact) mass is 288 g/mol. The topological polar surface area (TPSA) is 92.4 Å². The van der Waals surface area contributed by atoms with Crippen molar-refractivity contribution in [1.29, 1.82) is 0 Å². The van der Waals surface area contributed by atoms with Crippen LogP contribution in [0, 0.1) is 0 Å². The van der Waals surface area contributed by atoms with Gasteiger partial charge in [0.2, 0.25) is 11.8 Å². The molecule has 6 heteroatoms. The van der Waals surface area contributed by atoms with Gasteiger partial charge in [0.15, 0.2) is 5.58 Å². The van der Waals surface area contributed by atoms with Crippen LogP contribution in [0.15, 0.2) is 34.8 Å². The molecule has 6 nitrogen and oxygen atoms in total. The number of amides is 1. The molecule has 0 saturated carbocycles. The number of fused-ring (bicyclic) bond motifs is 1. The third-order valence-electron chi connectivity index (χ3n) is 2.88. The van der Waals surface area contributed by atoms with Crippen molar-refractivity contribution in [1.82, 2.24) is 10.3 Å². The van der Waals surface area contributed by atoms with Crippen LogP contribution < -0.4 is 5.32 Å². The van der Waals surface area contributed by atoms with Gasteiger partial charge in [-0.25, -0.2) is 9.78 Å². The number of carboxylic acids is 1. The Morgan fingerprint density at radius 1 is 1.43 bits per heavy atom. The highest BCUT2D eigenvalue weighted by atomic mass is 16.4. The van der Waals surface area contributed by atoms with Crippen molar-refractivity contribution in [2.75, 3.05) is 0 Å². The first-order chi connectivity index (χ1) is 10.1. The van der Waals surface area contributed by atoms with Crippen molar-refractivity contribution in [3.05, 3.63) is 36.2 Å². The van der Waals surface area contributed by atoms with Gasteiger partial charge in [0.05, 0.1) is 0 Å². The Morgan fingerprint density at radius 3 is 2.86 bits per heavy atom. The maximum atomic E-state index is 11.7. The fourth-order valence-corrected chi connectivity index (χ4v) is 1.87. The number of rotatable bonds is 6. The molecule has 0 radical (unpaired) electrons. The number of carbonyl (C=O) groups excluding carboxylic acids is 1. The first kappa shape index (κ1) is 14.8. The fraction of sp³-hybridized carbons (Fsp3) is 0.267. The van der Waals surface area contributed by atoms with E-state index in [1.807, 2.05) is 19.1 Å². The first-order valence-corrected chi connectivity index (χ1v) is 6.67. The van der Waals surface area contributed by atoms with E-state index in [1.54, 1.807) is 12.1 Å². The van der Waals surface area contributed by atoms with Crippen LogP contribution in [0.5, 0.6) is 0 Å². The van der Waals surface area contributed by atoms with Crippen molar-refractivity contribution in [2.24, 2.45) is 0 Å². The molecule has 0 aliphatic heterocycles. The summed E-state index contributed by atoms with van der Waals surface area (Å²) in [7, 11) is 0. The van der Waals surface area contributed by atoms with Gasteiger partial charge in [-0.3, -0.25) is 4.79 Å². The zero-order valence-electron chi connectivity index (χ0n) is 11.6. The van der Waals surface area contributed by atoms with Gasteiger partial charge in [0, 0.05) is 12.2 Å². The van der Waals surface area contributed by atoms with Gasteiger partial charge < -0.3 is 14.8 Å². The molecular formula is C15H16N2O4. The van der Waals surface area contributed by atoms with E-state index >= 15 is 0 Å². The van der Waals surface area contributed by atoms with Gasteiger partial charge in [-0.1, -0.05) is 25.5 Å². The zero-order chi connectivity index (χ0) is 15.2. The van der Waals surface area contributed by atoms with Gasteiger partial charge in [0.25, 0.3) is 0 Å². The molecule has 2 N–H and O–H groups in total. The molecular weight excluding hydrogens is 272 g/mol. The predicted octanol–water partition coefficient (Wildman–Crippen LogP) is 2.21. The van der Waals surface area contributed by atoms with E-state index in [0.29, 0.717) is 29.8 Å². The molecule has 2 aromatic rings. The second-order valence-corrected chi connectivity index (χ2v) is 4.54. The summed E-state index contributed by atoms with van der Waals surface area (Å²) in [5.41, 5.74) is 1.33. The fourth-order valence-electron chi connectivity index (χ4n) is 1.87. The summed E-state index contributed by atoms with van der Waals surface area (Å²) >= 11 is 0. The van der Waals surface area contributed by atoms with E-state index in [1.165, 1.54) is 12.2 Å². The number of aliphatic carboxylic acids is 1. The summed E-state index contributed by atoms with van der Waals surface area (Å²) in [5.74, 6) is -1.23. The van der Waals surface area contributed by atoms with Crippen molar-refractivity contribution >= 4 is 29.1 Å². The molecule has 0 bridgehead atoms. The highest BCUT2D eigenvalue weighted by Gasteiger charge is 2.17. The molecule has 0 saturated heterocycles. The molecule has 21 heavy (non-hydrogen) atoms. The molecule has 1 unspecified atom stereocenters. The van der Waals surface area contributed by atoms with Crippen molar-refractivity contribution < 1.29 is 19.1 Å². The summed E-state index contributed by atoms with van der Waals surface area (Å²) in [6, 6.07) is 6.37. The summed E-state index contributed by atoms with van der Waals surface area (Å²) in [6.07, 6.45) is 3.69. The number of hydrogen-bond donors (Lipinski definition) is 2. The highest BCUT2D eigenvalue weighted by molar-refractivity contribution is 5.94. The number of nitrogens with one attached hydrogen (secondary N) is 1. The Balaban J connectivity index is 2.02. The van der Waals surface area contributed by atoms with E-state index in [4.69, 9.17) is 9.52 Å². The molecule has 0 spiro atoms. The maximum absolute atomic E-state index is 11.7. The lowest BCUT2D eigenvalue weighted by molar-refractivity contribution is -0.141. The van der Waals surface area contributed by atoms with Crippen molar-refractivity contribution in [3.63, 3.8) is 0 Å². The maximum Gasteiger partial charge on any atom is 0.326 e. The van der Waals surface area contributed by atoms with Crippen LogP contribution in [-0.2, 0) is 9.59 Å². The van der Waals surface area contributed by atoms with E-state index < -0.39 is 17.9 Å². The van der Waals surface area contributed by atoms with Crippen LogP contribution in [0.3, 0.4) is 0 Å². The van der Waals surface area contributed by atoms with Crippen LogP contribution in [0.4, 0.5) is 0 Å². The van der Waals surface area contributed by atoms with Gasteiger partial charge in [-0.15, -0.1) is 0 Å². The molecule has 110 valence electrons. The molecule has 1 atom stereocenters. The molecule has 0 fully saturated rings. The predicted molar refractivity (Wildman–Crippen MR) is 77.5 cm³/mol. The summed E-state index contributed by atoms with van der Waals surface area (Å²) < 4.78 is 5.42. The van der Waals surface area contributed by atoms with E-state index in [0.717, 1.165) is 0 Å². The minimum absolute atomic E-state index is 0.300. The third kappa shape index (κ3) is 3.92. The van der Waals surface area contributed by atoms with Crippen LogP contribution in [0.2, 0.25) is 0 Å². The largest absolute Gasteiger partial charge is 0.480 e. The van der Waals surface area contributed by atoms with Crippen LogP contribution in [-0.4, -0.2) is 28.0 Å². The Bertz CT molecular complexity index is 642. The number of para-hydroxylation sites is 2. The number of aromatic nitrogens is 1. The van der Waals surface area contributed by atoms with Gasteiger partial charge in [-0.2, -0.15) is 0 Å². The lowest BCUT2D eigenvalue weighted by Crippen LogP contribution is -2.39. The van der Waals surface area contributed by atoms with Crippen LogP contribution in [0.25, 0.3) is 17.2 Å². The van der Waals surface area contributed by atoms with Crippen LogP contribution >= 0.6 is 0 Å². The average molecular weight is 288 g/mol. The summed E-state index contributed by atoms with van der Waals surface area (Å²) in [4.78, 5) is 26.8. The van der Waals surface area contributed by atoms with Crippen LogP contribution in [0.1, 0.15) is 25.7 Å². The van der Waals surface area contributed by atoms with E-state index in [2.05, 4.69) is 10.3 Å². The number of carboxylic acid groups (broad SMARTS) is 1. The molecule has 1 amide bonds. The quantitative estimate of drug-likeness (QED) is 0.795. The molecule has 1 aromatic carbocycles. The molecule has 0 aliphatic carbocycles. The van der Waals surface area contributed by atoms with Crippen molar-refractivity contribution in [3.8, 4) is 0 Å². The van der Waals surface area contributed by atoms with Crippen molar-refractivity contribution in [2.45, 2.75) is 25.8 Å². The second-order valence-electron chi connectivity index (χ2n) is 4.54. The Hall–Kier alpha value is -2.63. The second kappa shape index (κ2) is 6.69. The van der Waals surface area contributed by atoms with Gasteiger partial charge in [-0.05, 0) is 18.6 Å².